The van der Waals surface area contributed by atoms with Gasteiger partial charge in [-0.05, 0) is 18.9 Å². The Hall–Kier alpha value is -2.45. The van der Waals surface area contributed by atoms with Crippen LogP contribution >= 0.6 is 0 Å². The van der Waals surface area contributed by atoms with Crippen LogP contribution in [0.25, 0.3) is 0 Å². The highest BCUT2D eigenvalue weighted by Crippen LogP contribution is 2.17. The fourth-order valence-electron chi connectivity index (χ4n) is 3.10. The summed E-state index contributed by atoms with van der Waals surface area (Å²) in [4.78, 5) is 19.6. The van der Waals surface area contributed by atoms with Gasteiger partial charge < -0.3 is 0 Å². The molecule has 118 valence electrons. The van der Waals surface area contributed by atoms with Crippen LogP contribution in [0.5, 0.6) is 0 Å². The van der Waals surface area contributed by atoms with Crippen LogP contribution in [0.3, 0.4) is 0 Å². The third-order valence-electron chi connectivity index (χ3n) is 4.29. The Morgan fingerprint density at radius 3 is 2.83 bits per heavy atom. The molecule has 2 aromatic rings. The topological polar surface area (TPSA) is 61.9 Å². The number of aromatic nitrogens is 2. The Kier molecular flexibility index (Phi) is 4.54. The molecular formula is C18H20N4O. The minimum absolute atomic E-state index is 0.0297. The van der Waals surface area contributed by atoms with Gasteiger partial charge >= 0.3 is 0 Å². The van der Waals surface area contributed by atoms with Crippen LogP contribution in [0.4, 0.5) is 0 Å². The highest BCUT2D eigenvalue weighted by molar-refractivity contribution is 5.23. The van der Waals surface area contributed by atoms with Crippen LogP contribution in [0.1, 0.15) is 29.1 Å². The first-order valence-corrected chi connectivity index (χ1v) is 7.91. The van der Waals surface area contributed by atoms with Crippen molar-refractivity contribution in [3.63, 3.8) is 0 Å². The molecule has 0 unspecified atom stereocenters. The number of benzene rings is 1. The lowest BCUT2D eigenvalue weighted by molar-refractivity contribution is 0.239. The SMILES string of the molecule is Cc1nc2c(c(=O)n1CCC#N)CCN(Cc1ccccc1)C2. The highest BCUT2D eigenvalue weighted by Gasteiger charge is 2.22. The molecule has 0 aliphatic carbocycles. The lowest BCUT2D eigenvalue weighted by Crippen LogP contribution is -2.38. The Bertz CT molecular complexity index is 789. The number of aryl methyl sites for hydroxylation is 1. The van der Waals surface area contributed by atoms with Gasteiger partial charge in [0.2, 0.25) is 0 Å². The van der Waals surface area contributed by atoms with Gasteiger partial charge in [-0.3, -0.25) is 14.3 Å². The molecule has 0 saturated heterocycles. The van der Waals surface area contributed by atoms with Gasteiger partial charge in [-0.1, -0.05) is 30.3 Å². The Morgan fingerprint density at radius 2 is 2.09 bits per heavy atom. The molecule has 0 saturated carbocycles. The Morgan fingerprint density at radius 1 is 1.30 bits per heavy atom. The summed E-state index contributed by atoms with van der Waals surface area (Å²) in [7, 11) is 0. The van der Waals surface area contributed by atoms with Crippen molar-refractivity contribution in [2.75, 3.05) is 6.54 Å². The molecular weight excluding hydrogens is 288 g/mol. The lowest BCUT2D eigenvalue weighted by Gasteiger charge is -2.28. The summed E-state index contributed by atoms with van der Waals surface area (Å²) < 4.78 is 1.63. The van der Waals surface area contributed by atoms with E-state index in [1.165, 1.54) is 5.56 Å². The maximum atomic E-state index is 12.6. The number of rotatable bonds is 4. The Labute approximate surface area is 135 Å². The molecule has 5 heteroatoms. The van der Waals surface area contributed by atoms with Crippen LogP contribution in [-0.2, 0) is 26.1 Å². The number of fused-ring (bicyclic) bond motifs is 1. The zero-order valence-corrected chi connectivity index (χ0v) is 13.3. The maximum absolute atomic E-state index is 12.6. The van der Waals surface area contributed by atoms with E-state index in [2.05, 4.69) is 28.1 Å². The summed E-state index contributed by atoms with van der Waals surface area (Å²) in [6.45, 7) is 4.71. The summed E-state index contributed by atoms with van der Waals surface area (Å²) in [5, 5.41) is 8.73. The maximum Gasteiger partial charge on any atom is 0.257 e. The monoisotopic (exact) mass is 308 g/mol. The second-order valence-electron chi connectivity index (χ2n) is 5.90. The summed E-state index contributed by atoms with van der Waals surface area (Å²) in [5.74, 6) is 0.700. The fraction of sp³-hybridized carbons (Fsp3) is 0.389. The zero-order valence-electron chi connectivity index (χ0n) is 13.3. The summed E-state index contributed by atoms with van der Waals surface area (Å²) in [5.41, 5.74) is 3.01. The van der Waals surface area contributed by atoms with Crippen LogP contribution in [0.2, 0.25) is 0 Å². The Balaban J connectivity index is 1.82. The fourth-order valence-corrected chi connectivity index (χ4v) is 3.10. The van der Waals surface area contributed by atoms with Crippen molar-refractivity contribution in [2.24, 2.45) is 0 Å². The van der Waals surface area contributed by atoms with Crippen molar-refractivity contribution in [3.05, 3.63) is 63.3 Å². The van der Waals surface area contributed by atoms with Crippen LogP contribution in [-0.4, -0.2) is 21.0 Å². The molecule has 23 heavy (non-hydrogen) atoms. The van der Waals surface area contributed by atoms with E-state index < -0.39 is 0 Å². The first kappa shape index (κ1) is 15.4. The largest absolute Gasteiger partial charge is 0.296 e. The van der Waals surface area contributed by atoms with Crippen LogP contribution in [0.15, 0.2) is 35.1 Å². The molecule has 0 amide bonds. The molecule has 0 spiro atoms. The van der Waals surface area contributed by atoms with Gasteiger partial charge in [-0.25, -0.2) is 4.98 Å². The number of nitriles is 1. The van der Waals surface area contributed by atoms with Crippen molar-refractivity contribution in [2.45, 2.75) is 39.4 Å². The predicted octanol–water partition coefficient (Wildman–Crippen LogP) is 2.02. The van der Waals surface area contributed by atoms with Gasteiger partial charge in [0, 0.05) is 31.7 Å². The number of nitrogens with zero attached hydrogens (tertiary/aromatic N) is 4. The predicted molar refractivity (Wildman–Crippen MR) is 87.7 cm³/mol. The van der Waals surface area contributed by atoms with Crippen molar-refractivity contribution < 1.29 is 0 Å². The molecule has 0 atom stereocenters. The number of hydrogen-bond donors (Lipinski definition) is 0. The van der Waals surface area contributed by atoms with E-state index in [0.717, 1.165) is 30.8 Å². The summed E-state index contributed by atoms with van der Waals surface area (Å²) >= 11 is 0. The smallest absolute Gasteiger partial charge is 0.257 e. The van der Waals surface area contributed by atoms with Crippen molar-refractivity contribution in [3.8, 4) is 6.07 Å². The molecule has 0 N–H and O–H groups in total. The third-order valence-corrected chi connectivity index (χ3v) is 4.29. The quantitative estimate of drug-likeness (QED) is 0.867. The van der Waals surface area contributed by atoms with Crippen molar-refractivity contribution >= 4 is 0 Å². The highest BCUT2D eigenvalue weighted by atomic mass is 16.1. The standard InChI is InChI=1S/C18H20N4O/c1-14-20-17-13-21(12-15-6-3-2-4-7-15)11-8-16(17)18(23)22(14)10-5-9-19/h2-4,6-7H,5,8,10-13H2,1H3. The minimum atomic E-state index is 0.0297. The van der Waals surface area contributed by atoms with Gasteiger partial charge in [0.05, 0.1) is 18.2 Å². The van der Waals surface area contributed by atoms with Gasteiger partial charge in [0.15, 0.2) is 0 Å². The van der Waals surface area contributed by atoms with Gasteiger partial charge in [-0.2, -0.15) is 5.26 Å². The van der Waals surface area contributed by atoms with Gasteiger partial charge in [0.25, 0.3) is 5.56 Å². The molecule has 1 aliphatic heterocycles. The molecule has 0 bridgehead atoms. The van der Waals surface area contributed by atoms with Gasteiger partial charge in [0.1, 0.15) is 5.82 Å². The molecule has 0 radical (unpaired) electrons. The molecule has 1 aromatic carbocycles. The van der Waals surface area contributed by atoms with Crippen molar-refractivity contribution in [1.82, 2.24) is 14.5 Å². The van der Waals surface area contributed by atoms with E-state index in [-0.39, 0.29) is 5.56 Å². The van der Waals surface area contributed by atoms with E-state index >= 15 is 0 Å². The van der Waals surface area contributed by atoms with E-state index in [1.54, 1.807) is 4.57 Å². The zero-order chi connectivity index (χ0) is 16.2. The average Bonchev–Trinajstić information content (AvgIpc) is 2.55. The van der Waals surface area contributed by atoms with E-state index in [1.807, 2.05) is 25.1 Å². The molecule has 1 aliphatic rings. The number of hydrogen-bond acceptors (Lipinski definition) is 4. The minimum Gasteiger partial charge on any atom is -0.296 e. The molecule has 2 heterocycles. The molecule has 5 nitrogen and oxygen atoms in total. The normalized spacial score (nSPS) is 14.3. The second kappa shape index (κ2) is 6.76. The third kappa shape index (κ3) is 3.33. The summed E-state index contributed by atoms with van der Waals surface area (Å²) in [6, 6.07) is 12.4. The van der Waals surface area contributed by atoms with Crippen molar-refractivity contribution in [1.29, 1.82) is 5.26 Å². The molecule has 1 aromatic heterocycles. The first-order valence-electron chi connectivity index (χ1n) is 7.91. The lowest BCUT2D eigenvalue weighted by atomic mass is 10.1. The second-order valence-corrected chi connectivity index (χ2v) is 5.90. The average molecular weight is 308 g/mol. The van der Waals surface area contributed by atoms with E-state index in [9.17, 15) is 4.79 Å². The van der Waals surface area contributed by atoms with E-state index in [4.69, 9.17) is 5.26 Å². The van der Waals surface area contributed by atoms with Crippen LogP contribution < -0.4 is 5.56 Å². The molecule has 3 rings (SSSR count). The molecule has 0 fully saturated rings. The van der Waals surface area contributed by atoms with E-state index in [0.29, 0.717) is 25.3 Å². The first-order chi connectivity index (χ1) is 11.2. The van der Waals surface area contributed by atoms with Gasteiger partial charge in [-0.15, -0.1) is 0 Å². The summed E-state index contributed by atoms with van der Waals surface area (Å²) in [6.07, 6.45) is 1.06. The van der Waals surface area contributed by atoms with Crippen LogP contribution in [0, 0.1) is 18.3 Å².